The van der Waals surface area contributed by atoms with E-state index in [-0.39, 0.29) is 5.91 Å². The number of pyridine rings is 1. The summed E-state index contributed by atoms with van der Waals surface area (Å²) < 4.78 is 52.3. The Morgan fingerprint density at radius 3 is 2.30 bits per heavy atom. The normalized spacial score (nSPS) is 17.3. The molecule has 0 spiro atoms. The van der Waals surface area contributed by atoms with Crippen LogP contribution < -0.4 is 4.90 Å². The monoisotopic (exact) mass is 414 g/mol. The standard InChI is InChI=1S/C23H18F4N2O/c24-21-19(3-1-13-28-21)15-7-11-18(12-8-15)29-14-2-4-20(22(29)30)16-5-9-17(10-6-16)23(25,26)27/h1,3,5-13,20H,2,4,14H2. The van der Waals surface area contributed by atoms with Crippen LogP contribution in [0.2, 0.25) is 0 Å². The molecule has 154 valence electrons. The van der Waals surface area contributed by atoms with Crippen molar-refractivity contribution in [1.82, 2.24) is 4.98 Å². The molecular weight excluding hydrogens is 396 g/mol. The highest BCUT2D eigenvalue weighted by Gasteiger charge is 2.33. The molecule has 0 N–H and O–H groups in total. The van der Waals surface area contributed by atoms with Crippen molar-refractivity contribution in [1.29, 1.82) is 0 Å². The zero-order valence-electron chi connectivity index (χ0n) is 15.9. The van der Waals surface area contributed by atoms with E-state index in [0.29, 0.717) is 35.3 Å². The highest BCUT2D eigenvalue weighted by atomic mass is 19.4. The molecule has 2 heterocycles. The van der Waals surface area contributed by atoms with Gasteiger partial charge in [-0.1, -0.05) is 24.3 Å². The van der Waals surface area contributed by atoms with Gasteiger partial charge >= 0.3 is 6.18 Å². The van der Waals surface area contributed by atoms with E-state index in [1.54, 1.807) is 41.3 Å². The predicted octanol–water partition coefficient (Wildman–Crippen LogP) is 5.82. The Kier molecular flexibility index (Phi) is 5.28. The van der Waals surface area contributed by atoms with Crippen LogP contribution in [0, 0.1) is 5.95 Å². The minimum Gasteiger partial charge on any atom is -0.312 e. The van der Waals surface area contributed by atoms with Crippen LogP contribution in [0.15, 0.2) is 66.9 Å². The van der Waals surface area contributed by atoms with Crippen LogP contribution in [0.25, 0.3) is 11.1 Å². The van der Waals surface area contributed by atoms with Gasteiger partial charge in [0.1, 0.15) is 0 Å². The molecule has 1 aromatic heterocycles. The Balaban J connectivity index is 1.55. The molecular formula is C23H18F4N2O. The first-order valence-electron chi connectivity index (χ1n) is 9.54. The third kappa shape index (κ3) is 3.92. The van der Waals surface area contributed by atoms with Crippen LogP contribution in [0.5, 0.6) is 0 Å². The molecule has 0 bridgehead atoms. The van der Waals surface area contributed by atoms with E-state index in [9.17, 15) is 22.4 Å². The molecule has 1 fully saturated rings. The van der Waals surface area contributed by atoms with E-state index in [1.165, 1.54) is 18.3 Å². The van der Waals surface area contributed by atoms with E-state index in [4.69, 9.17) is 0 Å². The molecule has 3 aromatic rings. The van der Waals surface area contributed by atoms with Crippen molar-refractivity contribution in [2.24, 2.45) is 0 Å². The second-order valence-electron chi connectivity index (χ2n) is 7.19. The minimum absolute atomic E-state index is 0.152. The SMILES string of the molecule is O=C1C(c2ccc(C(F)(F)F)cc2)CCCN1c1ccc(-c2cccnc2F)cc1. The van der Waals surface area contributed by atoms with Gasteiger partial charge in [-0.3, -0.25) is 4.79 Å². The van der Waals surface area contributed by atoms with Crippen LogP contribution in [-0.4, -0.2) is 17.4 Å². The fraction of sp³-hybridized carbons (Fsp3) is 0.217. The lowest BCUT2D eigenvalue weighted by atomic mass is 9.89. The average Bonchev–Trinajstić information content (AvgIpc) is 2.74. The van der Waals surface area contributed by atoms with Crippen molar-refractivity contribution in [2.45, 2.75) is 24.9 Å². The molecule has 4 rings (SSSR count). The molecule has 2 aromatic carbocycles. The lowest BCUT2D eigenvalue weighted by Gasteiger charge is -2.32. The lowest BCUT2D eigenvalue weighted by Crippen LogP contribution is -2.40. The summed E-state index contributed by atoms with van der Waals surface area (Å²) in [6, 6.07) is 15.0. The quantitative estimate of drug-likeness (QED) is 0.400. The summed E-state index contributed by atoms with van der Waals surface area (Å²) in [6.07, 6.45) is -1.71. The summed E-state index contributed by atoms with van der Waals surface area (Å²) in [5.41, 5.74) is 1.53. The molecule has 1 amide bonds. The Bertz CT molecular complexity index is 1050. The van der Waals surface area contributed by atoms with Crippen molar-refractivity contribution in [3.05, 3.63) is 83.9 Å². The van der Waals surface area contributed by atoms with E-state index >= 15 is 0 Å². The molecule has 3 nitrogen and oxygen atoms in total. The van der Waals surface area contributed by atoms with Gasteiger partial charge in [-0.2, -0.15) is 17.6 Å². The molecule has 0 radical (unpaired) electrons. The molecule has 7 heteroatoms. The highest BCUT2D eigenvalue weighted by Crippen LogP contribution is 2.35. The van der Waals surface area contributed by atoms with Gasteiger partial charge in [-0.15, -0.1) is 0 Å². The summed E-state index contributed by atoms with van der Waals surface area (Å²) in [5, 5.41) is 0. The van der Waals surface area contributed by atoms with Gasteiger partial charge in [0.05, 0.1) is 11.5 Å². The number of nitrogens with zero attached hydrogens (tertiary/aromatic N) is 2. The maximum Gasteiger partial charge on any atom is 0.416 e. The summed E-state index contributed by atoms with van der Waals surface area (Å²) >= 11 is 0. The van der Waals surface area contributed by atoms with Crippen LogP contribution in [0.4, 0.5) is 23.2 Å². The summed E-state index contributed by atoms with van der Waals surface area (Å²) in [4.78, 5) is 18.3. The van der Waals surface area contributed by atoms with Crippen LogP contribution in [0.1, 0.15) is 29.9 Å². The summed E-state index contributed by atoms with van der Waals surface area (Å²) in [6.45, 7) is 0.524. The van der Waals surface area contributed by atoms with E-state index in [2.05, 4.69) is 4.98 Å². The maximum atomic E-state index is 13.9. The predicted molar refractivity (Wildman–Crippen MR) is 105 cm³/mol. The third-order valence-electron chi connectivity index (χ3n) is 5.33. The zero-order chi connectivity index (χ0) is 21.3. The van der Waals surface area contributed by atoms with Crippen molar-refractivity contribution in [3.8, 4) is 11.1 Å². The topological polar surface area (TPSA) is 33.2 Å². The first kappa shape index (κ1) is 20.1. The first-order chi connectivity index (χ1) is 14.3. The van der Waals surface area contributed by atoms with E-state index in [0.717, 1.165) is 18.6 Å². The number of aromatic nitrogens is 1. The Labute approximate surface area is 171 Å². The fourth-order valence-corrected chi connectivity index (χ4v) is 3.77. The van der Waals surface area contributed by atoms with Crippen LogP contribution >= 0.6 is 0 Å². The number of carbonyl (C=O) groups is 1. The third-order valence-corrected chi connectivity index (χ3v) is 5.33. The minimum atomic E-state index is -4.41. The number of anilines is 1. The second-order valence-corrected chi connectivity index (χ2v) is 7.19. The largest absolute Gasteiger partial charge is 0.416 e. The number of alkyl halides is 3. The average molecular weight is 414 g/mol. The van der Waals surface area contributed by atoms with Crippen molar-refractivity contribution < 1.29 is 22.4 Å². The van der Waals surface area contributed by atoms with Gasteiger partial charge in [-0.25, -0.2) is 4.98 Å². The van der Waals surface area contributed by atoms with Gasteiger partial charge in [-0.05, 0) is 60.4 Å². The number of piperidine rings is 1. The first-order valence-corrected chi connectivity index (χ1v) is 9.54. The molecule has 1 aliphatic heterocycles. The maximum absolute atomic E-state index is 13.9. The smallest absolute Gasteiger partial charge is 0.312 e. The number of hydrogen-bond acceptors (Lipinski definition) is 2. The highest BCUT2D eigenvalue weighted by molar-refractivity contribution is 5.99. The van der Waals surface area contributed by atoms with Gasteiger partial charge in [0.25, 0.3) is 0 Å². The van der Waals surface area contributed by atoms with Crippen molar-refractivity contribution in [3.63, 3.8) is 0 Å². The number of hydrogen-bond donors (Lipinski definition) is 0. The number of rotatable bonds is 3. The van der Waals surface area contributed by atoms with E-state index in [1.807, 2.05) is 0 Å². The molecule has 0 aliphatic carbocycles. The molecule has 1 saturated heterocycles. The molecule has 1 unspecified atom stereocenters. The molecule has 0 saturated carbocycles. The zero-order valence-corrected chi connectivity index (χ0v) is 15.9. The Morgan fingerprint density at radius 2 is 1.67 bits per heavy atom. The van der Waals surface area contributed by atoms with Crippen molar-refractivity contribution >= 4 is 11.6 Å². The Morgan fingerprint density at radius 1 is 0.967 bits per heavy atom. The number of carbonyl (C=O) groups excluding carboxylic acids is 1. The van der Waals surface area contributed by atoms with Gasteiger partial charge in [0.2, 0.25) is 11.9 Å². The van der Waals surface area contributed by atoms with Crippen molar-refractivity contribution in [2.75, 3.05) is 11.4 Å². The van der Waals surface area contributed by atoms with Crippen LogP contribution in [0.3, 0.4) is 0 Å². The van der Waals surface area contributed by atoms with Crippen LogP contribution in [-0.2, 0) is 11.0 Å². The number of benzene rings is 2. The number of halogens is 4. The van der Waals surface area contributed by atoms with Gasteiger partial charge in [0.15, 0.2) is 0 Å². The molecule has 1 aliphatic rings. The summed E-state index contributed by atoms with van der Waals surface area (Å²) in [7, 11) is 0. The second kappa shape index (κ2) is 7.89. The lowest BCUT2D eigenvalue weighted by molar-refractivity contribution is -0.137. The fourth-order valence-electron chi connectivity index (χ4n) is 3.77. The summed E-state index contributed by atoms with van der Waals surface area (Å²) in [5.74, 6) is -1.21. The number of amides is 1. The van der Waals surface area contributed by atoms with E-state index < -0.39 is 23.6 Å². The van der Waals surface area contributed by atoms with Gasteiger partial charge in [0, 0.05) is 24.0 Å². The Hall–Kier alpha value is -3.22. The molecule has 30 heavy (non-hydrogen) atoms. The molecule has 1 atom stereocenters. The van der Waals surface area contributed by atoms with Gasteiger partial charge < -0.3 is 4.90 Å².